The molecule has 0 aromatic rings. The zero-order chi connectivity index (χ0) is 13.7. The van der Waals surface area contributed by atoms with Gasteiger partial charge in [-0.1, -0.05) is 26.7 Å². The number of piperidine rings is 1. The van der Waals surface area contributed by atoms with E-state index in [9.17, 15) is 9.59 Å². The lowest BCUT2D eigenvalue weighted by Gasteiger charge is -2.32. The van der Waals surface area contributed by atoms with Gasteiger partial charge in [-0.2, -0.15) is 0 Å². The Morgan fingerprint density at radius 1 is 1.33 bits per heavy atom. The van der Waals surface area contributed by atoms with E-state index < -0.39 is 0 Å². The zero-order valence-electron chi connectivity index (χ0n) is 12.2. The van der Waals surface area contributed by atoms with Gasteiger partial charge in [-0.15, -0.1) is 0 Å². The Hall–Kier alpha value is -0.700. The Bertz CT molecular complexity index is 301. The highest BCUT2D eigenvalue weighted by molar-refractivity contribution is 5.89. The van der Waals surface area contributed by atoms with Crippen LogP contribution >= 0.6 is 0 Å². The van der Waals surface area contributed by atoms with Gasteiger partial charge >= 0.3 is 0 Å². The largest absolute Gasteiger partial charge is 0.300 e. The van der Waals surface area contributed by atoms with Gasteiger partial charge in [0.15, 0.2) is 5.78 Å². The molecule has 0 spiro atoms. The van der Waals surface area contributed by atoms with E-state index in [0.717, 1.165) is 25.8 Å². The van der Waals surface area contributed by atoms with Gasteiger partial charge in [-0.3, -0.25) is 14.5 Å². The summed E-state index contributed by atoms with van der Waals surface area (Å²) in [7, 11) is 2.02. The molecule has 0 amide bonds. The van der Waals surface area contributed by atoms with E-state index in [1.165, 1.54) is 6.42 Å². The fourth-order valence-corrected chi connectivity index (χ4v) is 2.86. The fraction of sp³-hybridized carbons (Fsp3) is 0.867. The molecule has 1 rings (SSSR count). The summed E-state index contributed by atoms with van der Waals surface area (Å²) in [5.41, 5.74) is 0. The van der Waals surface area contributed by atoms with Crippen LogP contribution in [0.5, 0.6) is 0 Å². The van der Waals surface area contributed by atoms with E-state index in [2.05, 4.69) is 18.7 Å². The highest BCUT2D eigenvalue weighted by atomic mass is 16.1. The minimum absolute atomic E-state index is 0.0460. The van der Waals surface area contributed by atoms with Crippen molar-refractivity contribution in [1.82, 2.24) is 4.90 Å². The first kappa shape index (κ1) is 15.4. The van der Waals surface area contributed by atoms with Gasteiger partial charge in [-0.05, 0) is 39.3 Å². The number of hydrogen-bond donors (Lipinski definition) is 0. The third kappa shape index (κ3) is 3.91. The maximum atomic E-state index is 12.3. The second-order valence-electron chi connectivity index (χ2n) is 5.77. The van der Waals surface area contributed by atoms with Crippen LogP contribution in [0, 0.1) is 11.8 Å². The SMILES string of the molecule is CCC(C)[C@H](CC(=O)[C@H]1CCCCN1C)C(C)=O. The summed E-state index contributed by atoms with van der Waals surface area (Å²) in [4.78, 5) is 26.2. The number of carbonyl (C=O) groups is 2. The molecule has 1 aliphatic heterocycles. The van der Waals surface area contributed by atoms with Crippen LogP contribution < -0.4 is 0 Å². The Morgan fingerprint density at radius 3 is 2.50 bits per heavy atom. The Morgan fingerprint density at radius 2 is 2.00 bits per heavy atom. The Kier molecular flexibility index (Phi) is 6.00. The van der Waals surface area contributed by atoms with Crippen LogP contribution in [0.1, 0.15) is 52.9 Å². The summed E-state index contributed by atoms with van der Waals surface area (Å²) in [5.74, 6) is 0.645. The van der Waals surface area contributed by atoms with Gasteiger partial charge in [0, 0.05) is 12.3 Å². The van der Waals surface area contributed by atoms with E-state index in [4.69, 9.17) is 0 Å². The fourth-order valence-electron chi connectivity index (χ4n) is 2.86. The predicted octanol–water partition coefficient (Wildman–Crippen LogP) is 2.68. The van der Waals surface area contributed by atoms with Crippen LogP contribution in [0.25, 0.3) is 0 Å². The van der Waals surface area contributed by atoms with E-state index in [1.807, 2.05) is 7.05 Å². The summed E-state index contributed by atoms with van der Waals surface area (Å²) in [5, 5.41) is 0. The first-order valence-corrected chi connectivity index (χ1v) is 7.20. The van der Waals surface area contributed by atoms with Crippen molar-refractivity contribution in [2.45, 2.75) is 58.9 Å². The number of Topliss-reactive ketones (excluding diaryl/α,β-unsaturated/α-hetero) is 2. The minimum Gasteiger partial charge on any atom is -0.300 e. The predicted molar refractivity (Wildman–Crippen MR) is 73.5 cm³/mol. The van der Waals surface area contributed by atoms with E-state index in [1.54, 1.807) is 6.92 Å². The molecule has 1 unspecified atom stereocenters. The second kappa shape index (κ2) is 7.03. The van der Waals surface area contributed by atoms with Gasteiger partial charge in [0.1, 0.15) is 5.78 Å². The first-order chi connectivity index (χ1) is 8.47. The van der Waals surface area contributed by atoms with E-state index >= 15 is 0 Å². The Balaban J connectivity index is 2.63. The van der Waals surface area contributed by atoms with Crippen molar-refractivity contribution < 1.29 is 9.59 Å². The maximum Gasteiger partial charge on any atom is 0.150 e. The van der Waals surface area contributed by atoms with Crippen LogP contribution in [0.2, 0.25) is 0 Å². The number of likely N-dealkylation sites (N-methyl/N-ethyl adjacent to an activating group) is 1. The van der Waals surface area contributed by atoms with Crippen LogP contribution in [0.3, 0.4) is 0 Å². The van der Waals surface area contributed by atoms with E-state index in [-0.39, 0.29) is 23.5 Å². The van der Waals surface area contributed by atoms with Crippen molar-refractivity contribution >= 4 is 11.6 Å². The summed E-state index contributed by atoms with van der Waals surface area (Å²) < 4.78 is 0. The molecule has 3 nitrogen and oxygen atoms in total. The number of nitrogens with zero attached hydrogens (tertiary/aromatic N) is 1. The van der Waals surface area contributed by atoms with Gasteiger partial charge < -0.3 is 0 Å². The molecule has 3 heteroatoms. The molecular weight excluding hydrogens is 226 g/mol. The van der Waals surface area contributed by atoms with Gasteiger partial charge in [0.2, 0.25) is 0 Å². The molecule has 1 saturated heterocycles. The maximum absolute atomic E-state index is 12.3. The summed E-state index contributed by atoms with van der Waals surface area (Å²) in [6.07, 6.45) is 4.66. The molecule has 0 aromatic carbocycles. The lowest BCUT2D eigenvalue weighted by molar-refractivity contribution is -0.131. The normalized spacial score (nSPS) is 24.6. The smallest absolute Gasteiger partial charge is 0.150 e. The van der Waals surface area contributed by atoms with Gasteiger partial charge in [-0.25, -0.2) is 0 Å². The van der Waals surface area contributed by atoms with Crippen molar-refractivity contribution in [3.63, 3.8) is 0 Å². The monoisotopic (exact) mass is 253 g/mol. The molecule has 0 N–H and O–H groups in total. The van der Waals surface area contributed by atoms with Gasteiger partial charge in [0.25, 0.3) is 0 Å². The number of rotatable bonds is 6. The van der Waals surface area contributed by atoms with Crippen LogP contribution in [-0.4, -0.2) is 36.1 Å². The molecule has 3 atom stereocenters. The summed E-state index contributed by atoms with van der Waals surface area (Å²) in [6, 6.07) is 0.0460. The average molecular weight is 253 g/mol. The molecule has 0 radical (unpaired) electrons. The van der Waals surface area contributed by atoms with Crippen molar-refractivity contribution in [2.24, 2.45) is 11.8 Å². The van der Waals surface area contributed by atoms with Gasteiger partial charge in [0.05, 0.1) is 6.04 Å². The molecule has 1 aliphatic rings. The average Bonchev–Trinajstić information content (AvgIpc) is 2.35. The minimum atomic E-state index is -0.0853. The van der Waals surface area contributed by atoms with Crippen LogP contribution in [0.4, 0.5) is 0 Å². The molecule has 18 heavy (non-hydrogen) atoms. The first-order valence-electron chi connectivity index (χ1n) is 7.20. The molecule has 104 valence electrons. The molecule has 0 aliphatic carbocycles. The molecule has 0 bridgehead atoms. The molecule has 1 heterocycles. The zero-order valence-corrected chi connectivity index (χ0v) is 12.2. The Labute approximate surface area is 111 Å². The highest BCUT2D eigenvalue weighted by Crippen LogP contribution is 2.24. The molecule has 0 saturated carbocycles. The van der Waals surface area contributed by atoms with Crippen LogP contribution in [0.15, 0.2) is 0 Å². The highest BCUT2D eigenvalue weighted by Gasteiger charge is 2.30. The molecule has 0 aromatic heterocycles. The number of carbonyl (C=O) groups excluding carboxylic acids is 2. The van der Waals surface area contributed by atoms with Crippen molar-refractivity contribution in [1.29, 1.82) is 0 Å². The number of ketones is 2. The number of hydrogen-bond acceptors (Lipinski definition) is 3. The topological polar surface area (TPSA) is 37.4 Å². The second-order valence-corrected chi connectivity index (χ2v) is 5.77. The lowest BCUT2D eigenvalue weighted by Crippen LogP contribution is -2.43. The van der Waals surface area contributed by atoms with E-state index in [0.29, 0.717) is 12.3 Å². The van der Waals surface area contributed by atoms with Crippen molar-refractivity contribution in [3.8, 4) is 0 Å². The third-order valence-electron chi connectivity index (χ3n) is 4.42. The summed E-state index contributed by atoms with van der Waals surface area (Å²) in [6.45, 7) is 6.78. The van der Waals surface area contributed by atoms with Crippen molar-refractivity contribution in [3.05, 3.63) is 0 Å². The number of likely N-dealkylation sites (tertiary alicyclic amines) is 1. The molecule has 1 fully saturated rings. The van der Waals surface area contributed by atoms with Crippen molar-refractivity contribution in [2.75, 3.05) is 13.6 Å². The quantitative estimate of drug-likeness (QED) is 0.730. The lowest BCUT2D eigenvalue weighted by atomic mass is 9.82. The molecular formula is C15H27NO2. The van der Waals surface area contributed by atoms with Crippen LogP contribution in [-0.2, 0) is 9.59 Å². The summed E-state index contributed by atoms with van der Waals surface area (Å²) >= 11 is 0. The standard InChI is InChI=1S/C15H27NO2/c1-5-11(2)13(12(3)17)10-15(18)14-8-6-7-9-16(14)4/h11,13-14H,5-10H2,1-4H3/t11?,13-,14+/m0/s1. The third-order valence-corrected chi connectivity index (χ3v) is 4.42.